The van der Waals surface area contributed by atoms with Gasteiger partial charge in [-0.25, -0.2) is 4.68 Å². The molecule has 0 unspecified atom stereocenters. The Hall–Kier alpha value is -3.06. The van der Waals surface area contributed by atoms with Crippen LogP contribution in [-0.2, 0) is 6.54 Å². The minimum atomic E-state index is -0.134. The van der Waals surface area contributed by atoms with Crippen LogP contribution in [0, 0.1) is 0 Å². The predicted octanol–water partition coefficient (Wildman–Crippen LogP) is 2.18. The molecule has 0 bridgehead atoms. The summed E-state index contributed by atoms with van der Waals surface area (Å²) in [6, 6.07) is 13.2. The van der Waals surface area contributed by atoms with Gasteiger partial charge in [0.2, 0.25) is 0 Å². The number of carbonyl (C=O) groups excluding carboxylic acids is 1. The number of nitrogens with zero attached hydrogens (tertiary/aromatic N) is 2. The third-order valence-electron chi connectivity index (χ3n) is 4.20. The molecule has 3 aromatic rings. The second kappa shape index (κ2) is 6.45. The van der Waals surface area contributed by atoms with E-state index in [1.807, 2.05) is 36.4 Å². The minimum Gasteiger partial charge on any atom is -0.497 e. The number of ether oxygens (including phenoxy) is 1. The molecule has 0 saturated heterocycles. The summed E-state index contributed by atoms with van der Waals surface area (Å²) in [5.41, 5.74) is 2.22. The number of nitrogens with one attached hydrogen (secondary N) is 2. The van der Waals surface area contributed by atoms with Crippen LogP contribution >= 0.6 is 0 Å². The van der Waals surface area contributed by atoms with Crippen molar-refractivity contribution >= 4 is 5.91 Å². The number of hydrogen-bond acceptors (Lipinski definition) is 5. The summed E-state index contributed by atoms with van der Waals surface area (Å²) in [6.07, 6.45) is 1.51. The van der Waals surface area contributed by atoms with Crippen LogP contribution in [0.2, 0.25) is 0 Å². The maximum atomic E-state index is 12.2. The van der Waals surface area contributed by atoms with Gasteiger partial charge in [0.1, 0.15) is 23.4 Å². The van der Waals surface area contributed by atoms with E-state index in [1.54, 1.807) is 24.1 Å². The highest BCUT2D eigenvalue weighted by Gasteiger charge is 2.27. The van der Waals surface area contributed by atoms with Crippen molar-refractivity contribution in [1.82, 2.24) is 20.4 Å². The number of furan rings is 1. The molecule has 1 atom stereocenters. The molecule has 25 heavy (non-hydrogen) atoms. The maximum absolute atomic E-state index is 12.2. The topological polar surface area (TPSA) is 81.3 Å². The van der Waals surface area contributed by atoms with E-state index >= 15 is 0 Å². The molecule has 2 aromatic heterocycles. The van der Waals surface area contributed by atoms with Gasteiger partial charge >= 0.3 is 0 Å². The number of amides is 1. The lowest BCUT2D eigenvalue weighted by Crippen LogP contribution is -2.45. The first kappa shape index (κ1) is 15.5. The van der Waals surface area contributed by atoms with Crippen LogP contribution in [0.4, 0.5) is 0 Å². The van der Waals surface area contributed by atoms with Crippen molar-refractivity contribution in [2.45, 2.75) is 12.7 Å². The molecule has 128 valence electrons. The van der Waals surface area contributed by atoms with Crippen molar-refractivity contribution in [3.63, 3.8) is 0 Å². The molecule has 0 aliphatic carbocycles. The molecule has 7 nitrogen and oxygen atoms in total. The summed E-state index contributed by atoms with van der Waals surface area (Å²) in [5.74, 6) is 1.49. The van der Waals surface area contributed by atoms with Crippen molar-refractivity contribution in [3.05, 3.63) is 60.2 Å². The van der Waals surface area contributed by atoms with Crippen molar-refractivity contribution in [2.75, 3.05) is 13.7 Å². The molecule has 0 spiro atoms. The average molecular weight is 338 g/mol. The van der Waals surface area contributed by atoms with Gasteiger partial charge in [0.05, 0.1) is 32.2 Å². The van der Waals surface area contributed by atoms with E-state index in [0.717, 1.165) is 22.8 Å². The fourth-order valence-corrected chi connectivity index (χ4v) is 2.86. The van der Waals surface area contributed by atoms with E-state index in [4.69, 9.17) is 9.15 Å². The Bertz CT molecular complexity index is 868. The van der Waals surface area contributed by atoms with Gasteiger partial charge in [-0.2, -0.15) is 5.10 Å². The Morgan fingerprint density at radius 3 is 2.92 bits per heavy atom. The fourth-order valence-electron chi connectivity index (χ4n) is 2.86. The summed E-state index contributed by atoms with van der Waals surface area (Å²) < 4.78 is 12.3. The first-order valence-corrected chi connectivity index (χ1v) is 8.02. The lowest BCUT2D eigenvalue weighted by Gasteiger charge is -2.25. The highest BCUT2D eigenvalue weighted by molar-refractivity contribution is 5.94. The van der Waals surface area contributed by atoms with Gasteiger partial charge in [0.25, 0.3) is 5.91 Å². The predicted molar refractivity (Wildman–Crippen MR) is 91.1 cm³/mol. The van der Waals surface area contributed by atoms with Crippen molar-refractivity contribution < 1.29 is 13.9 Å². The summed E-state index contributed by atoms with van der Waals surface area (Å²) in [6.45, 7) is 1.03. The van der Waals surface area contributed by atoms with Crippen molar-refractivity contribution in [2.24, 2.45) is 0 Å². The highest BCUT2D eigenvalue weighted by Crippen LogP contribution is 2.24. The third kappa shape index (κ3) is 3.01. The van der Waals surface area contributed by atoms with Gasteiger partial charge in [-0.15, -0.1) is 0 Å². The second-order valence-electron chi connectivity index (χ2n) is 5.77. The van der Waals surface area contributed by atoms with Gasteiger partial charge in [-0.3, -0.25) is 10.1 Å². The van der Waals surface area contributed by atoms with E-state index in [2.05, 4.69) is 15.7 Å². The molecule has 0 fully saturated rings. The lowest BCUT2D eigenvalue weighted by molar-refractivity contribution is 0.0899. The fraction of sp³-hybridized carbons (Fsp3) is 0.222. The monoisotopic (exact) mass is 338 g/mol. The number of fused-ring (bicyclic) bond motifs is 1. The molecule has 1 aliphatic heterocycles. The lowest BCUT2D eigenvalue weighted by atomic mass is 10.1. The quantitative estimate of drug-likeness (QED) is 0.745. The Morgan fingerprint density at radius 2 is 2.20 bits per heavy atom. The number of benzene rings is 1. The zero-order valence-corrected chi connectivity index (χ0v) is 13.7. The molecule has 3 heterocycles. The van der Waals surface area contributed by atoms with Gasteiger partial charge in [-0.05, 0) is 42.5 Å². The molecule has 1 aliphatic rings. The van der Waals surface area contributed by atoms with Crippen LogP contribution in [0.15, 0.2) is 53.1 Å². The number of methoxy groups -OCH3 is 1. The third-order valence-corrected chi connectivity index (χ3v) is 4.20. The summed E-state index contributed by atoms with van der Waals surface area (Å²) in [7, 11) is 1.63. The second-order valence-corrected chi connectivity index (χ2v) is 5.77. The van der Waals surface area contributed by atoms with Crippen LogP contribution in [0.3, 0.4) is 0 Å². The molecular formula is C18H18N4O3. The highest BCUT2D eigenvalue weighted by atomic mass is 16.5. The smallest absolute Gasteiger partial charge is 0.269 e. The Kier molecular flexibility index (Phi) is 3.99. The first-order valence-electron chi connectivity index (χ1n) is 8.02. The van der Waals surface area contributed by atoms with Crippen molar-refractivity contribution in [1.29, 1.82) is 0 Å². The number of hydrogen-bond donors (Lipinski definition) is 2. The molecule has 2 N–H and O–H groups in total. The van der Waals surface area contributed by atoms with Crippen LogP contribution in [0.25, 0.3) is 11.3 Å². The zero-order chi connectivity index (χ0) is 17.2. The molecule has 4 rings (SSSR count). The van der Waals surface area contributed by atoms with Crippen molar-refractivity contribution in [3.8, 4) is 17.0 Å². The normalized spacial score (nSPS) is 16.4. The van der Waals surface area contributed by atoms with Crippen LogP contribution in [-0.4, -0.2) is 29.3 Å². The standard InChI is InChI=1S/C18H18N4O3/c1-24-13-6-4-12(5-7-13)15-9-16-18(23)20-11-17(22(16)21-15)19-10-14-3-2-8-25-14/h2-9,17,19H,10-11H2,1H3,(H,20,23)/t17-/m1/s1. The average Bonchev–Trinajstić information content (AvgIpc) is 3.31. The molecule has 0 saturated carbocycles. The minimum absolute atomic E-state index is 0.122. The van der Waals surface area contributed by atoms with E-state index < -0.39 is 0 Å². The van der Waals surface area contributed by atoms with Gasteiger partial charge in [-0.1, -0.05) is 0 Å². The zero-order valence-electron chi connectivity index (χ0n) is 13.7. The number of aromatic nitrogens is 2. The Morgan fingerprint density at radius 1 is 1.36 bits per heavy atom. The van der Waals surface area contributed by atoms with Crippen LogP contribution in [0.1, 0.15) is 22.4 Å². The molecule has 0 radical (unpaired) electrons. The maximum Gasteiger partial charge on any atom is 0.269 e. The number of rotatable bonds is 5. The molecule has 7 heteroatoms. The number of carbonyl (C=O) groups is 1. The largest absolute Gasteiger partial charge is 0.497 e. The van der Waals surface area contributed by atoms with E-state index in [0.29, 0.717) is 18.8 Å². The van der Waals surface area contributed by atoms with Crippen LogP contribution in [0.5, 0.6) is 5.75 Å². The van der Waals surface area contributed by atoms with Gasteiger partial charge in [0, 0.05) is 5.56 Å². The summed E-state index contributed by atoms with van der Waals surface area (Å²) >= 11 is 0. The molecule has 1 aromatic carbocycles. The van der Waals surface area contributed by atoms with E-state index in [1.165, 1.54) is 0 Å². The summed E-state index contributed by atoms with van der Waals surface area (Å²) in [5, 5.41) is 10.9. The van der Waals surface area contributed by atoms with Gasteiger partial charge < -0.3 is 14.5 Å². The van der Waals surface area contributed by atoms with E-state index in [-0.39, 0.29) is 12.1 Å². The molecular weight excluding hydrogens is 320 g/mol. The Labute approximate surface area is 144 Å². The van der Waals surface area contributed by atoms with E-state index in [9.17, 15) is 4.79 Å². The SMILES string of the molecule is COc1ccc(-c2cc3n(n2)[C@@H](NCc2ccco2)CNC3=O)cc1. The Balaban J connectivity index is 1.60. The summed E-state index contributed by atoms with van der Waals surface area (Å²) in [4.78, 5) is 12.2. The first-order chi connectivity index (χ1) is 12.2. The molecule has 1 amide bonds. The van der Waals surface area contributed by atoms with Crippen LogP contribution < -0.4 is 15.4 Å². The van der Waals surface area contributed by atoms with Gasteiger partial charge in [0.15, 0.2) is 0 Å².